The van der Waals surface area contributed by atoms with Crippen LogP contribution < -0.4 is 10.1 Å². The van der Waals surface area contributed by atoms with E-state index in [0.717, 1.165) is 55.1 Å². The average Bonchev–Trinajstić information content (AvgIpc) is 3.28. The highest BCUT2D eigenvalue weighted by molar-refractivity contribution is 6.29. The van der Waals surface area contributed by atoms with E-state index >= 15 is 0 Å². The number of carbonyl (C=O) groups excluding carboxylic acids is 1. The first-order valence-electron chi connectivity index (χ1n) is 12.8. The fourth-order valence-corrected chi connectivity index (χ4v) is 4.28. The molecule has 0 spiro atoms. The summed E-state index contributed by atoms with van der Waals surface area (Å²) in [5.74, 6) is 1.38. The van der Waals surface area contributed by atoms with E-state index in [1.54, 1.807) is 21.7 Å². The van der Waals surface area contributed by atoms with E-state index in [0.29, 0.717) is 37.3 Å². The molecule has 37 heavy (non-hydrogen) atoms. The molecule has 3 aromatic heterocycles. The summed E-state index contributed by atoms with van der Waals surface area (Å²) in [6.45, 7) is 12.9. The number of ether oxygens (including phenoxy) is 2. The van der Waals surface area contributed by atoms with Crippen LogP contribution in [0.1, 0.15) is 45.2 Å². The van der Waals surface area contributed by atoms with Gasteiger partial charge < -0.3 is 19.7 Å². The molecule has 4 rings (SSSR count). The molecule has 3 aromatic rings. The SMILES string of the molecule is CCc1cnn2c(NCc3ccc(OCCCN4CCN(C(=O)OC(C)(C)C)CC4)nc3)cc(Cl)nc12. The molecule has 0 bridgehead atoms. The number of pyridine rings is 1. The summed E-state index contributed by atoms with van der Waals surface area (Å²) in [6, 6.07) is 5.64. The predicted molar refractivity (Wildman–Crippen MR) is 143 cm³/mol. The molecule has 4 heterocycles. The number of nitrogens with zero attached hydrogens (tertiary/aromatic N) is 6. The number of aryl methyl sites for hydroxylation is 1. The van der Waals surface area contributed by atoms with E-state index in [9.17, 15) is 4.79 Å². The van der Waals surface area contributed by atoms with Crippen molar-refractivity contribution in [1.29, 1.82) is 0 Å². The molecule has 1 aliphatic rings. The molecule has 0 atom stereocenters. The maximum atomic E-state index is 12.2. The number of rotatable bonds is 9. The molecular formula is C26H36ClN7O3. The lowest BCUT2D eigenvalue weighted by molar-refractivity contribution is 0.0142. The third-order valence-corrected chi connectivity index (χ3v) is 6.25. The molecule has 1 fully saturated rings. The van der Waals surface area contributed by atoms with Crippen LogP contribution in [0.15, 0.2) is 30.6 Å². The van der Waals surface area contributed by atoms with E-state index < -0.39 is 5.60 Å². The number of halogens is 1. The van der Waals surface area contributed by atoms with Crippen LogP contribution in [0.2, 0.25) is 5.15 Å². The van der Waals surface area contributed by atoms with Gasteiger partial charge in [0, 0.05) is 63.2 Å². The molecule has 1 aliphatic heterocycles. The maximum absolute atomic E-state index is 12.2. The van der Waals surface area contributed by atoms with Crippen molar-refractivity contribution >= 4 is 29.2 Å². The molecule has 11 heteroatoms. The molecule has 1 saturated heterocycles. The standard InChI is InChI=1S/C26H36ClN7O3/c1-5-20-18-30-34-22(15-21(27)31-24(20)34)28-16-19-7-8-23(29-17-19)36-14-6-9-32-10-12-33(13-11-32)25(35)37-26(2,3)4/h7-8,15,17-18,28H,5-6,9-14,16H2,1-4H3. The summed E-state index contributed by atoms with van der Waals surface area (Å²) in [7, 11) is 0. The third-order valence-electron chi connectivity index (χ3n) is 6.06. The lowest BCUT2D eigenvalue weighted by Crippen LogP contribution is -2.50. The molecule has 200 valence electrons. The first-order chi connectivity index (χ1) is 17.7. The lowest BCUT2D eigenvalue weighted by Gasteiger charge is -2.35. The lowest BCUT2D eigenvalue weighted by atomic mass is 10.2. The van der Waals surface area contributed by atoms with Gasteiger partial charge in [0.2, 0.25) is 5.88 Å². The first kappa shape index (κ1) is 26.9. The number of hydrogen-bond donors (Lipinski definition) is 1. The summed E-state index contributed by atoms with van der Waals surface area (Å²) in [4.78, 5) is 25.2. The topological polar surface area (TPSA) is 97.1 Å². The van der Waals surface area contributed by atoms with E-state index in [1.807, 2.05) is 39.1 Å². The second kappa shape index (κ2) is 12.0. The fourth-order valence-electron chi connectivity index (χ4n) is 4.09. The Labute approximate surface area is 222 Å². The van der Waals surface area contributed by atoms with Crippen molar-refractivity contribution in [3.8, 4) is 5.88 Å². The summed E-state index contributed by atoms with van der Waals surface area (Å²) < 4.78 is 13.1. The van der Waals surface area contributed by atoms with Crippen LogP contribution in [0.25, 0.3) is 5.65 Å². The summed E-state index contributed by atoms with van der Waals surface area (Å²) in [6.07, 6.45) is 5.12. The summed E-state index contributed by atoms with van der Waals surface area (Å²) >= 11 is 6.22. The van der Waals surface area contributed by atoms with Gasteiger partial charge in [-0.15, -0.1) is 0 Å². The maximum Gasteiger partial charge on any atom is 0.410 e. The van der Waals surface area contributed by atoms with Crippen LogP contribution in [0.3, 0.4) is 0 Å². The Morgan fingerprint density at radius 3 is 2.62 bits per heavy atom. The second-order valence-electron chi connectivity index (χ2n) is 10.1. The van der Waals surface area contributed by atoms with Gasteiger partial charge in [-0.1, -0.05) is 24.6 Å². The number of piperazine rings is 1. The number of amides is 1. The van der Waals surface area contributed by atoms with Gasteiger partial charge in [-0.25, -0.2) is 14.8 Å². The van der Waals surface area contributed by atoms with Crippen molar-refractivity contribution in [2.45, 2.75) is 52.7 Å². The molecular weight excluding hydrogens is 494 g/mol. The van der Waals surface area contributed by atoms with Crippen LogP contribution >= 0.6 is 11.6 Å². The minimum Gasteiger partial charge on any atom is -0.478 e. The van der Waals surface area contributed by atoms with E-state index in [1.165, 1.54) is 0 Å². The normalized spacial score (nSPS) is 14.7. The highest BCUT2D eigenvalue weighted by Gasteiger charge is 2.25. The number of aromatic nitrogens is 4. The highest BCUT2D eigenvalue weighted by Crippen LogP contribution is 2.20. The van der Waals surface area contributed by atoms with Gasteiger partial charge in [-0.05, 0) is 39.2 Å². The van der Waals surface area contributed by atoms with Crippen LogP contribution in [0.5, 0.6) is 5.88 Å². The molecule has 0 radical (unpaired) electrons. The molecule has 0 aliphatic carbocycles. The average molecular weight is 530 g/mol. The molecule has 0 aromatic carbocycles. The van der Waals surface area contributed by atoms with Gasteiger partial charge in [-0.3, -0.25) is 4.90 Å². The highest BCUT2D eigenvalue weighted by atomic mass is 35.5. The van der Waals surface area contributed by atoms with Crippen molar-refractivity contribution in [3.63, 3.8) is 0 Å². The molecule has 1 N–H and O–H groups in total. The Hall–Kier alpha value is -3.11. The van der Waals surface area contributed by atoms with Crippen molar-refractivity contribution in [3.05, 3.63) is 46.9 Å². The van der Waals surface area contributed by atoms with Gasteiger partial charge in [0.25, 0.3) is 0 Å². The van der Waals surface area contributed by atoms with Crippen LogP contribution in [0.4, 0.5) is 10.6 Å². The Morgan fingerprint density at radius 1 is 1.16 bits per heavy atom. The van der Waals surface area contributed by atoms with Gasteiger partial charge in [0.1, 0.15) is 16.6 Å². The third kappa shape index (κ3) is 7.45. The quantitative estimate of drug-likeness (QED) is 0.324. The number of fused-ring (bicyclic) bond motifs is 1. The molecule has 1 amide bonds. The van der Waals surface area contributed by atoms with Gasteiger partial charge in [0.05, 0.1) is 12.8 Å². The van der Waals surface area contributed by atoms with E-state index in [2.05, 4.69) is 32.2 Å². The van der Waals surface area contributed by atoms with Crippen molar-refractivity contribution in [2.24, 2.45) is 0 Å². The minimum atomic E-state index is -0.464. The van der Waals surface area contributed by atoms with Crippen molar-refractivity contribution in [1.82, 2.24) is 29.4 Å². The zero-order chi connectivity index (χ0) is 26.4. The Kier molecular flexibility index (Phi) is 8.71. The Bertz CT molecular complexity index is 1190. The number of anilines is 1. The molecule has 0 saturated carbocycles. The second-order valence-corrected chi connectivity index (χ2v) is 10.5. The largest absolute Gasteiger partial charge is 0.478 e. The molecule has 10 nitrogen and oxygen atoms in total. The minimum absolute atomic E-state index is 0.231. The van der Waals surface area contributed by atoms with Crippen molar-refractivity contribution < 1.29 is 14.3 Å². The Balaban J connectivity index is 1.17. The number of nitrogens with one attached hydrogen (secondary N) is 1. The molecule has 0 unspecified atom stereocenters. The van der Waals surface area contributed by atoms with Crippen molar-refractivity contribution in [2.75, 3.05) is 44.6 Å². The Morgan fingerprint density at radius 2 is 1.95 bits per heavy atom. The smallest absolute Gasteiger partial charge is 0.410 e. The van der Waals surface area contributed by atoms with Crippen LogP contribution in [0, 0.1) is 0 Å². The monoisotopic (exact) mass is 529 g/mol. The fraction of sp³-hybridized carbons (Fsp3) is 0.538. The van der Waals surface area contributed by atoms with Crippen LogP contribution in [-0.4, -0.2) is 80.4 Å². The van der Waals surface area contributed by atoms with Gasteiger partial charge in [0.15, 0.2) is 5.65 Å². The number of hydrogen-bond acceptors (Lipinski definition) is 8. The van der Waals surface area contributed by atoms with E-state index in [-0.39, 0.29) is 6.09 Å². The predicted octanol–water partition coefficient (Wildman–Crippen LogP) is 4.27. The van der Waals surface area contributed by atoms with Gasteiger partial charge >= 0.3 is 6.09 Å². The van der Waals surface area contributed by atoms with Crippen LogP contribution in [-0.2, 0) is 17.7 Å². The zero-order valence-electron chi connectivity index (χ0n) is 22.0. The number of carbonyl (C=O) groups is 1. The summed E-state index contributed by atoms with van der Waals surface area (Å²) in [5.41, 5.74) is 2.37. The zero-order valence-corrected chi connectivity index (χ0v) is 22.8. The van der Waals surface area contributed by atoms with Gasteiger partial charge in [-0.2, -0.15) is 9.61 Å². The van der Waals surface area contributed by atoms with E-state index in [4.69, 9.17) is 21.1 Å². The summed E-state index contributed by atoms with van der Waals surface area (Å²) in [5, 5.41) is 8.22. The first-order valence-corrected chi connectivity index (χ1v) is 13.1.